The molecule has 0 amide bonds. The van der Waals surface area contributed by atoms with E-state index in [-0.39, 0.29) is 5.75 Å². The van der Waals surface area contributed by atoms with E-state index in [0.717, 1.165) is 34.4 Å². The Morgan fingerprint density at radius 3 is 2.51 bits per heavy atom. The number of piperidine rings is 1. The topological polar surface area (TPSA) is 72.9 Å². The quantitative estimate of drug-likeness (QED) is 0.335. The second-order valence-electron chi connectivity index (χ2n) is 9.31. The van der Waals surface area contributed by atoms with Gasteiger partial charge < -0.3 is 15.3 Å². The van der Waals surface area contributed by atoms with Gasteiger partial charge in [-0.1, -0.05) is 49.6 Å². The van der Waals surface area contributed by atoms with E-state index in [1.54, 1.807) is 40.7 Å². The number of nitrogens with zero attached hydrogens (tertiary/aromatic N) is 2. The first-order valence-electron chi connectivity index (χ1n) is 12.3. The van der Waals surface area contributed by atoms with E-state index in [1.807, 2.05) is 50.1 Å². The molecule has 37 heavy (non-hydrogen) atoms. The zero-order valence-electron chi connectivity index (χ0n) is 21.7. The number of aromatic hydroxyl groups is 1. The van der Waals surface area contributed by atoms with Crippen molar-refractivity contribution in [3.63, 3.8) is 0 Å². The van der Waals surface area contributed by atoms with Gasteiger partial charge in [-0.2, -0.15) is 4.31 Å². The zero-order valence-corrected chi connectivity index (χ0v) is 24.1. The third kappa shape index (κ3) is 7.15. The number of nitrogens with one attached hydrogen (secondary N) is 1. The Kier molecular flexibility index (Phi) is 9.81. The number of hydrogen-bond acceptors (Lipinski definition) is 5. The van der Waals surface area contributed by atoms with Gasteiger partial charge in [0.05, 0.1) is 4.90 Å². The molecule has 0 spiro atoms. The number of phenols is 1. The van der Waals surface area contributed by atoms with E-state index in [9.17, 15) is 13.5 Å². The van der Waals surface area contributed by atoms with Crippen LogP contribution in [0.4, 0.5) is 0 Å². The van der Waals surface area contributed by atoms with Crippen LogP contribution in [-0.4, -0.2) is 49.4 Å². The number of aryl methyl sites for hydroxylation is 1. The molecule has 8 heteroatoms. The summed E-state index contributed by atoms with van der Waals surface area (Å²) in [6.07, 6.45) is 5.19. The fourth-order valence-electron chi connectivity index (χ4n) is 4.27. The standard InChI is InChI=1S/C29H36BrN3O3S/c1-6-27(30)23(4)32(5)29(19-22(3)26-12-7-8-13-28(26)34)31-20-24-14-16-33(17-15-24)37(35,36)25-11-9-10-21(2)18-25/h6-13,18-19,24,31,34H,1,3,14-17,20H2,2,4-5H3/b27-23+,29-19-. The number of para-hydroxylation sites is 1. The summed E-state index contributed by atoms with van der Waals surface area (Å²) in [6.45, 7) is 13.6. The lowest BCUT2D eigenvalue weighted by atomic mass is 9.98. The molecule has 1 aliphatic rings. The van der Waals surface area contributed by atoms with Gasteiger partial charge in [0.15, 0.2) is 0 Å². The van der Waals surface area contributed by atoms with E-state index < -0.39 is 10.0 Å². The van der Waals surface area contributed by atoms with Crippen LogP contribution in [0.2, 0.25) is 0 Å². The molecule has 0 aliphatic carbocycles. The van der Waals surface area contributed by atoms with Crippen LogP contribution in [0.5, 0.6) is 5.75 Å². The van der Waals surface area contributed by atoms with Crippen molar-refractivity contribution in [2.45, 2.75) is 31.6 Å². The highest BCUT2D eigenvalue weighted by atomic mass is 79.9. The van der Waals surface area contributed by atoms with E-state index in [2.05, 4.69) is 34.4 Å². The summed E-state index contributed by atoms with van der Waals surface area (Å²) >= 11 is 3.55. The van der Waals surface area contributed by atoms with Gasteiger partial charge in [0, 0.05) is 42.4 Å². The molecule has 198 valence electrons. The molecule has 0 radical (unpaired) electrons. The van der Waals surface area contributed by atoms with Gasteiger partial charge in [-0.15, -0.1) is 0 Å². The number of allylic oxidation sites excluding steroid dienone is 5. The van der Waals surface area contributed by atoms with Crippen LogP contribution < -0.4 is 5.32 Å². The summed E-state index contributed by atoms with van der Waals surface area (Å²) in [4.78, 5) is 2.36. The number of sulfonamides is 1. The van der Waals surface area contributed by atoms with Crippen LogP contribution in [-0.2, 0) is 10.0 Å². The molecule has 0 saturated carbocycles. The van der Waals surface area contributed by atoms with Crippen LogP contribution in [0, 0.1) is 12.8 Å². The molecule has 1 fully saturated rings. The van der Waals surface area contributed by atoms with Crippen LogP contribution in [0.3, 0.4) is 0 Å². The van der Waals surface area contributed by atoms with Crippen LogP contribution >= 0.6 is 15.9 Å². The van der Waals surface area contributed by atoms with Crippen LogP contribution in [0.25, 0.3) is 5.57 Å². The lowest BCUT2D eigenvalue weighted by Crippen LogP contribution is -2.41. The minimum atomic E-state index is -3.49. The van der Waals surface area contributed by atoms with Crippen molar-refractivity contribution in [3.8, 4) is 5.75 Å². The fourth-order valence-corrected chi connectivity index (χ4v) is 6.11. The first kappa shape index (κ1) is 28.8. The van der Waals surface area contributed by atoms with Crippen molar-refractivity contribution in [3.05, 3.63) is 101 Å². The van der Waals surface area contributed by atoms with E-state index >= 15 is 0 Å². The maximum atomic E-state index is 13.1. The molecule has 1 saturated heterocycles. The molecule has 6 nitrogen and oxygen atoms in total. The average molecular weight is 587 g/mol. The fraction of sp³-hybridized carbons (Fsp3) is 0.310. The molecule has 0 unspecified atom stereocenters. The number of benzene rings is 2. The number of phenolic OH excluding ortho intramolecular Hbond substituents is 1. The largest absolute Gasteiger partial charge is 0.507 e. The lowest BCUT2D eigenvalue weighted by molar-refractivity contribution is 0.266. The molecular formula is C29H36BrN3O3S. The van der Waals surface area contributed by atoms with Crippen molar-refractivity contribution < 1.29 is 13.5 Å². The van der Waals surface area contributed by atoms with E-state index in [1.165, 1.54) is 0 Å². The van der Waals surface area contributed by atoms with Crippen molar-refractivity contribution >= 4 is 31.5 Å². The predicted molar refractivity (Wildman–Crippen MR) is 155 cm³/mol. The molecule has 0 aromatic heterocycles. The van der Waals surface area contributed by atoms with Gasteiger partial charge in [0.2, 0.25) is 10.0 Å². The molecule has 2 aromatic carbocycles. The Bertz CT molecular complexity index is 1310. The second kappa shape index (κ2) is 12.6. The first-order chi connectivity index (χ1) is 17.5. The van der Waals surface area contributed by atoms with Crippen molar-refractivity contribution in [1.82, 2.24) is 14.5 Å². The molecule has 1 heterocycles. The van der Waals surface area contributed by atoms with Crippen molar-refractivity contribution in [1.29, 1.82) is 0 Å². The smallest absolute Gasteiger partial charge is 0.243 e. The normalized spacial score (nSPS) is 16.2. The van der Waals surface area contributed by atoms with Crippen LogP contribution in [0.1, 0.15) is 30.9 Å². The summed E-state index contributed by atoms with van der Waals surface area (Å²) in [5, 5.41) is 13.8. The summed E-state index contributed by atoms with van der Waals surface area (Å²) in [7, 11) is -1.54. The van der Waals surface area contributed by atoms with E-state index in [0.29, 0.717) is 41.6 Å². The first-order valence-corrected chi connectivity index (χ1v) is 14.5. The Morgan fingerprint density at radius 1 is 1.22 bits per heavy atom. The average Bonchev–Trinajstić information content (AvgIpc) is 2.90. The van der Waals surface area contributed by atoms with Gasteiger partial charge in [-0.3, -0.25) is 0 Å². The molecule has 2 aromatic rings. The SMILES string of the molecule is C=C/C(Br)=C(/C)N(C)/C(=C\C(=C)c1ccccc1O)NCC1CCN(S(=O)(=O)c2cccc(C)c2)CC1. The third-order valence-corrected chi connectivity index (χ3v) is 9.52. The second-order valence-corrected chi connectivity index (χ2v) is 12.1. The van der Waals surface area contributed by atoms with E-state index in [4.69, 9.17) is 0 Å². The van der Waals surface area contributed by atoms with Crippen molar-refractivity contribution in [2.24, 2.45) is 5.92 Å². The maximum absolute atomic E-state index is 13.1. The monoisotopic (exact) mass is 585 g/mol. The molecular weight excluding hydrogens is 550 g/mol. The predicted octanol–water partition coefficient (Wildman–Crippen LogP) is 5.99. The minimum absolute atomic E-state index is 0.174. The summed E-state index contributed by atoms with van der Waals surface area (Å²) in [5.41, 5.74) is 3.22. The van der Waals surface area contributed by atoms with Gasteiger partial charge >= 0.3 is 0 Å². The van der Waals surface area contributed by atoms with Gasteiger partial charge in [0.1, 0.15) is 11.6 Å². The Hall–Kier alpha value is -2.81. The van der Waals surface area contributed by atoms with Crippen molar-refractivity contribution in [2.75, 3.05) is 26.7 Å². The number of hydrogen-bond donors (Lipinski definition) is 2. The Morgan fingerprint density at radius 2 is 1.89 bits per heavy atom. The third-order valence-electron chi connectivity index (χ3n) is 6.72. The molecule has 3 rings (SSSR count). The number of halogens is 1. The molecule has 0 bridgehead atoms. The molecule has 0 atom stereocenters. The van der Waals surface area contributed by atoms with Gasteiger partial charge in [-0.25, -0.2) is 8.42 Å². The lowest BCUT2D eigenvalue weighted by Gasteiger charge is -2.33. The summed E-state index contributed by atoms with van der Waals surface area (Å²) < 4.78 is 28.7. The highest BCUT2D eigenvalue weighted by molar-refractivity contribution is 9.11. The molecule has 1 aliphatic heterocycles. The Balaban J connectivity index is 1.72. The summed E-state index contributed by atoms with van der Waals surface area (Å²) in [5.74, 6) is 1.30. The highest BCUT2D eigenvalue weighted by Crippen LogP contribution is 2.28. The molecule has 2 N–H and O–H groups in total. The Labute approximate surface area is 229 Å². The minimum Gasteiger partial charge on any atom is -0.507 e. The number of rotatable bonds is 10. The van der Waals surface area contributed by atoms with Gasteiger partial charge in [0.25, 0.3) is 0 Å². The summed E-state index contributed by atoms with van der Waals surface area (Å²) in [6, 6.07) is 14.2. The van der Waals surface area contributed by atoms with Gasteiger partial charge in [-0.05, 0) is 83.9 Å². The maximum Gasteiger partial charge on any atom is 0.243 e. The zero-order chi connectivity index (χ0) is 27.2. The highest BCUT2D eigenvalue weighted by Gasteiger charge is 2.29. The van der Waals surface area contributed by atoms with Crippen LogP contribution in [0.15, 0.2) is 94.7 Å².